The van der Waals surface area contributed by atoms with Crippen molar-refractivity contribution in [2.75, 3.05) is 13.1 Å². The molecule has 1 aromatic rings. The maximum Gasteiger partial charge on any atom is 0.416 e. The molecule has 0 saturated heterocycles. The first-order valence-corrected chi connectivity index (χ1v) is 8.16. The number of rotatable bonds is 3. The lowest BCUT2D eigenvalue weighted by Crippen LogP contribution is -2.37. The molecule has 1 atom stereocenters. The third-order valence-corrected chi connectivity index (χ3v) is 4.63. The van der Waals surface area contributed by atoms with E-state index in [9.17, 15) is 41.0 Å². The number of hydrogen-bond acceptors (Lipinski definition) is 3. The second kappa shape index (κ2) is 6.71. The summed E-state index contributed by atoms with van der Waals surface area (Å²) in [6, 6.07) is 2.35. The Kier molecular flexibility index (Phi) is 4.80. The number of aryl methyl sites for hydroxylation is 1. The maximum atomic E-state index is 12.9. The number of hydrogen-bond donors (Lipinski definition) is 2. The second-order valence-electron chi connectivity index (χ2n) is 6.58. The lowest BCUT2D eigenvalue weighted by molar-refractivity contribution is -0.157. The van der Waals surface area contributed by atoms with Gasteiger partial charge in [-0.3, -0.25) is 9.59 Å². The number of carbonyl (C=O) groups excluding carboxylic acids is 2. The van der Waals surface area contributed by atoms with Crippen LogP contribution >= 0.6 is 0 Å². The van der Waals surface area contributed by atoms with Gasteiger partial charge < -0.3 is 15.3 Å². The molecule has 3 rings (SSSR count). The minimum Gasteiger partial charge on any atom is -0.503 e. The molecule has 28 heavy (non-hydrogen) atoms. The van der Waals surface area contributed by atoms with Crippen molar-refractivity contribution in [2.24, 2.45) is 0 Å². The average molecular weight is 408 g/mol. The Morgan fingerprint density at radius 3 is 2.50 bits per heavy atom. The molecule has 11 heteroatoms. The quantitative estimate of drug-likeness (QED) is 0.756. The first-order chi connectivity index (χ1) is 12.9. The van der Waals surface area contributed by atoms with Crippen LogP contribution in [0.15, 0.2) is 29.5 Å². The molecule has 0 bridgehead atoms. The highest BCUT2D eigenvalue weighted by Gasteiger charge is 2.41. The fraction of sp³-hybridized carbons (Fsp3) is 0.412. The van der Waals surface area contributed by atoms with E-state index in [1.807, 2.05) is 0 Å². The largest absolute Gasteiger partial charge is 0.503 e. The van der Waals surface area contributed by atoms with Crippen LogP contribution < -0.4 is 5.32 Å². The number of nitrogens with one attached hydrogen (secondary N) is 1. The Morgan fingerprint density at radius 1 is 1.21 bits per heavy atom. The number of benzene rings is 1. The van der Waals surface area contributed by atoms with Crippen LogP contribution in [0.1, 0.15) is 29.2 Å². The van der Waals surface area contributed by atoms with Gasteiger partial charge in [-0.1, -0.05) is 6.07 Å². The van der Waals surface area contributed by atoms with Crippen molar-refractivity contribution in [2.45, 2.75) is 31.2 Å². The molecular weight excluding hydrogens is 394 g/mol. The van der Waals surface area contributed by atoms with Gasteiger partial charge in [-0.2, -0.15) is 26.3 Å². The van der Waals surface area contributed by atoms with Crippen LogP contribution in [-0.2, 0) is 22.2 Å². The van der Waals surface area contributed by atoms with Crippen LogP contribution in [0.5, 0.6) is 0 Å². The molecule has 0 fully saturated rings. The Bertz CT molecular complexity index is 859. The van der Waals surface area contributed by atoms with Gasteiger partial charge in [0.25, 0.3) is 11.8 Å². The van der Waals surface area contributed by atoms with Gasteiger partial charge in [-0.25, -0.2) is 0 Å². The van der Waals surface area contributed by atoms with E-state index in [1.165, 1.54) is 6.07 Å². The van der Waals surface area contributed by atoms with Crippen LogP contribution in [0.4, 0.5) is 26.3 Å². The molecule has 0 spiro atoms. The summed E-state index contributed by atoms with van der Waals surface area (Å²) in [5.41, 5.74) is -0.575. The third kappa shape index (κ3) is 3.92. The zero-order chi connectivity index (χ0) is 20.9. The van der Waals surface area contributed by atoms with Crippen molar-refractivity contribution >= 4 is 11.8 Å². The van der Waals surface area contributed by atoms with E-state index in [2.05, 4.69) is 5.32 Å². The van der Waals surface area contributed by atoms with Crippen LogP contribution in [0.25, 0.3) is 0 Å². The van der Waals surface area contributed by atoms with Gasteiger partial charge >= 0.3 is 12.4 Å². The molecule has 1 heterocycles. The number of amides is 2. The predicted octanol–water partition coefficient (Wildman–Crippen LogP) is 3.03. The van der Waals surface area contributed by atoms with E-state index in [0.29, 0.717) is 12.0 Å². The molecule has 0 aromatic heterocycles. The van der Waals surface area contributed by atoms with Crippen LogP contribution in [0, 0.1) is 0 Å². The molecule has 5 nitrogen and oxygen atoms in total. The first kappa shape index (κ1) is 20.0. The lowest BCUT2D eigenvalue weighted by Gasteiger charge is -2.19. The summed E-state index contributed by atoms with van der Waals surface area (Å²) in [7, 11) is 0. The Morgan fingerprint density at radius 2 is 1.89 bits per heavy atom. The van der Waals surface area contributed by atoms with Crippen molar-refractivity contribution in [1.29, 1.82) is 0 Å². The minimum absolute atomic E-state index is 0.250. The lowest BCUT2D eigenvalue weighted by atomic mass is 10.0. The number of halogens is 6. The van der Waals surface area contributed by atoms with Gasteiger partial charge in [0.1, 0.15) is 6.54 Å². The van der Waals surface area contributed by atoms with E-state index in [0.717, 1.165) is 12.1 Å². The molecule has 2 amide bonds. The number of nitrogens with zero attached hydrogens (tertiary/aromatic N) is 1. The number of aliphatic hydroxyl groups excluding tert-OH is 1. The van der Waals surface area contributed by atoms with Crippen molar-refractivity contribution in [3.8, 4) is 0 Å². The molecule has 1 aliphatic carbocycles. The highest BCUT2D eigenvalue weighted by molar-refractivity contribution is 6.07. The van der Waals surface area contributed by atoms with Gasteiger partial charge in [0, 0.05) is 0 Å². The molecule has 0 radical (unpaired) electrons. The Labute approximate surface area is 154 Å². The normalized spacial score (nSPS) is 20.0. The summed E-state index contributed by atoms with van der Waals surface area (Å²) in [6.07, 6.45) is -8.58. The minimum atomic E-state index is -4.71. The monoisotopic (exact) mass is 408 g/mol. The summed E-state index contributed by atoms with van der Waals surface area (Å²) >= 11 is 0. The van der Waals surface area contributed by atoms with Gasteiger partial charge in [-0.15, -0.1) is 0 Å². The van der Waals surface area contributed by atoms with Crippen molar-refractivity contribution in [1.82, 2.24) is 10.2 Å². The summed E-state index contributed by atoms with van der Waals surface area (Å²) in [4.78, 5) is 24.3. The topological polar surface area (TPSA) is 69.6 Å². The molecular formula is C17H14F6N2O3. The van der Waals surface area contributed by atoms with E-state index in [-0.39, 0.29) is 16.9 Å². The zero-order valence-electron chi connectivity index (χ0n) is 14.1. The number of aliphatic hydroxyl groups is 1. The summed E-state index contributed by atoms with van der Waals surface area (Å²) in [5.74, 6) is -3.41. The third-order valence-electron chi connectivity index (χ3n) is 4.63. The van der Waals surface area contributed by atoms with E-state index >= 15 is 0 Å². The van der Waals surface area contributed by atoms with E-state index < -0.39 is 60.2 Å². The van der Waals surface area contributed by atoms with Crippen LogP contribution in [0.3, 0.4) is 0 Å². The highest BCUT2D eigenvalue weighted by Crippen LogP contribution is 2.37. The fourth-order valence-electron chi connectivity index (χ4n) is 3.31. The summed E-state index contributed by atoms with van der Waals surface area (Å²) in [5, 5.41) is 12.1. The molecule has 1 aromatic carbocycles. The van der Waals surface area contributed by atoms with Gasteiger partial charge in [0.15, 0.2) is 5.76 Å². The SMILES string of the molecule is O=C(NC1CCc2ccc(C(F)(F)F)cc21)C1=C(O)C(=O)N(CC(F)(F)F)C1. The Hall–Kier alpha value is -2.72. The molecule has 1 aliphatic heterocycles. The highest BCUT2D eigenvalue weighted by atomic mass is 19.4. The fourth-order valence-corrected chi connectivity index (χ4v) is 3.31. The standard InChI is InChI=1S/C17H14F6N2O3/c18-16(19,20)7-25-6-11(13(26)15(25)28)14(27)24-12-4-2-8-1-3-9(5-10(8)12)17(21,22)23/h1,3,5,12,26H,2,4,6-7H2,(H,24,27). The van der Waals surface area contributed by atoms with E-state index in [4.69, 9.17) is 0 Å². The molecule has 1 unspecified atom stereocenters. The Balaban J connectivity index is 1.76. The number of fused-ring (bicyclic) bond motifs is 1. The van der Waals surface area contributed by atoms with Crippen molar-refractivity contribution in [3.63, 3.8) is 0 Å². The first-order valence-electron chi connectivity index (χ1n) is 8.16. The van der Waals surface area contributed by atoms with Crippen LogP contribution in [-0.4, -0.2) is 41.1 Å². The van der Waals surface area contributed by atoms with E-state index in [1.54, 1.807) is 0 Å². The zero-order valence-corrected chi connectivity index (χ0v) is 14.1. The number of carbonyl (C=O) groups is 2. The maximum absolute atomic E-state index is 12.9. The molecule has 2 aliphatic rings. The van der Waals surface area contributed by atoms with Crippen molar-refractivity contribution in [3.05, 3.63) is 46.2 Å². The van der Waals surface area contributed by atoms with Gasteiger partial charge in [-0.05, 0) is 36.1 Å². The summed E-state index contributed by atoms with van der Waals surface area (Å²) in [6.45, 7) is -2.37. The second-order valence-corrected chi connectivity index (χ2v) is 6.58. The summed E-state index contributed by atoms with van der Waals surface area (Å²) < 4.78 is 76.1. The molecule has 152 valence electrons. The number of alkyl halides is 6. The van der Waals surface area contributed by atoms with Crippen molar-refractivity contribution < 1.29 is 41.0 Å². The predicted molar refractivity (Wildman–Crippen MR) is 82.9 cm³/mol. The smallest absolute Gasteiger partial charge is 0.416 e. The van der Waals surface area contributed by atoms with Gasteiger partial charge in [0.05, 0.1) is 23.7 Å². The molecule has 2 N–H and O–H groups in total. The van der Waals surface area contributed by atoms with Crippen LogP contribution in [0.2, 0.25) is 0 Å². The average Bonchev–Trinajstić information content (AvgIpc) is 3.08. The molecule has 0 saturated carbocycles. The van der Waals surface area contributed by atoms with Gasteiger partial charge in [0.2, 0.25) is 0 Å².